The van der Waals surface area contributed by atoms with Gasteiger partial charge in [0.25, 0.3) is 0 Å². The van der Waals surface area contributed by atoms with E-state index < -0.39 is 0 Å². The van der Waals surface area contributed by atoms with Crippen LogP contribution in [0.3, 0.4) is 0 Å². The van der Waals surface area contributed by atoms with E-state index in [9.17, 15) is 4.79 Å². The van der Waals surface area contributed by atoms with E-state index in [1.807, 2.05) is 34.9 Å². The van der Waals surface area contributed by atoms with Gasteiger partial charge in [0.05, 0.1) is 25.1 Å². The van der Waals surface area contributed by atoms with E-state index in [0.29, 0.717) is 23.1 Å². The molecule has 180 valence electrons. The number of ether oxygens (including phenoxy) is 1. The molecule has 1 aromatic heterocycles. The van der Waals surface area contributed by atoms with E-state index >= 15 is 0 Å². The molecule has 2 N–H and O–H groups in total. The molecule has 4 aromatic rings. The molecule has 8 heteroatoms. The number of anilines is 2. The quantitative estimate of drug-likeness (QED) is 0.302. The Labute approximate surface area is 209 Å². The summed E-state index contributed by atoms with van der Waals surface area (Å²) in [7, 11) is 1.60. The molecule has 7 nitrogen and oxygen atoms in total. The van der Waals surface area contributed by atoms with Crippen molar-refractivity contribution in [1.29, 1.82) is 0 Å². The number of methoxy groups -OCH3 is 1. The molecule has 1 amide bonds. The summed E-state index contributed by atoms with van der Waals surface area (Å²) in [5.41, 5.74) is 6.16. The topological polar surface area (TPSA) is 81.1 Å². The normalized spacial score (nSPS) is 10.7. The number of thioether (sulfide) groups is 1. The fourth-order valence-corrected chi connectivity index (χ4v) is 4.35. The van der Waals surface area contributed by atoms with Crippen LogP contribution in [0.4, 0.5) is 11.4 Å². The molecule has 1 heterocycles. The standard InChI is InChI=1S/C27H29N5O2S/c1-18-9-12-21(13-10-18)28-16-25-30-31-27(32(25)24-14-19(2)8-11-20(24)3)35-17-26(33)29-22-6-5-7-23(15-22)34-4/h5-15,28H,16-17H2,1-4H3,(H,29,33). The van der Waals surface area contributed by atoms with Crippen LogP contribution in [0.5, 0.6) is 5.75 Å². The van der Waals surface area contributed by atoms with Gasteiger partial charge in [-0.1, -0.05) is 47.7 Å². The Hall–Kier alpha value is -3.78. The van der Waals surface area contributed by atoms with Crippen molar-refractivity contribution in [3.05, 3.63) is 89.2 Å². The SMILES string of the molecule is COc1cccc(NC(=O)CSc2nnc(CNc3ccc(C)cc3)n2-c2cc(C)ccc2C)c1. The van der Waals surface area contributed by atoms with Gasteiger partial charge >= 0.3 is 0 Å². The van der Waals surface area contributed by atoms with Crippen molar-refractivity contribution in [2.24, 2.45) is 0 Å². The van der Waals surface area contributed by atoms with Gasteiger partial charge in [-0.3, -0.25) is 9.36 Å². The molecule has 3 aromatic carbocycles. The number of carbonyl (C=O) groups is 1. The van der Waals surface area contributed by atoms with Gasteiger partial charge in [-0.2, -0.15) is 0 Å². The summed E-state index contributed by atoms with van der Waals surface area (Å²) >= 11 is 1.36. The summed E-state index contributed by atoms with van der Waals surface area (Å²) in [5.74, 6) is 1.54. The summed E-state index contributed by atoms with van der Waals surface area (Å²) in [6.45, 7) is 6.69. The highest BCUT2D eigenvalue weighted by molar-refractivity contribution is 7.99. The van der Waals surface area contributed by atoms with Gasteiger partial charge in [-0.25, -0.2) is 0 Å². The van der Waals surface area contributed by atoms with Crippen LogP contribution in [0.25, 0.3) is 5.69 Å². The zero-order valence-electron chi connectivity index (χ0n) is 20.3. The smallest absolute Gasteiger partial charge is 0.234 e. The molecule has 0 atom stereocenters. The Bertz CT molecular complexity index is 1320. The molecule has 0 saturated carbocycles. The van der Waals surface area contributed by atoms with Crippen molar-refractivity contribution in [2.45, 2.75) is 32.5 Å². The lowest BCUT2D eigenvalue weighted by Crippen LogP contribution is -2.15. The molecule has 35 heavy (non-hydrogen) atoms. The second-order valence-corrected chi connectivity index (χ2v) is 9.26. The van der Waals surface area contributed by atoms with Crippen LogP contribution in [0.1, 0.15) is 22.5 Å². The molecule has 4 rings (SSSR count). The first kappa shape index (κ1) is 24.3. The van der Waals surface area contributed by atoms with E-state index in [1.54, 1.807) is 13.2 Å². The van der Waals surface area contributed by atoms with Crippen LogP contribution in [0.15, 0.2) is 71.9 Å². The minimum atomic E-state index is -0.127. The molecule has 0 radical (unpaired) electrons. The van der Waals surface area contributed by atoms with Crippen LogP contribution in [-0.4, -0.2) is 33.5 Å². The minimum absolute atomic E-state index is 0.127. The number of hydrogen-bond acceptors (Lipinski definition) is 6. The number of rotatable bonds is 9. The maximum atomic E-state index is 12.7. The van der Waals surface area contributed by atoms with Crippen LogP contribution in [-0.2, 0) is 11.3 Å². The highest BCUT2D eigenvalue weighted by Gasteiger charge is 2.18. The van der Waals surface area contributed by atoms with Crippen LogP contribution < -0.4 is 15.4 Å². The summed E-state index contributed by atoms with van der Waals surface area (Å²) in [5, 5.41) is 15.9. The van der Waals surface area contributed by atoms with Crippen molar-refractivity contribution in [3.8, 4) is 11.4 Å². The predicted molar refractivity (Wildman–Crippen MR) is 142 cm³/mol. The van der Waals surface area contributed by atoms with Gasteiger partial charge in [0.15, 0.2) is 11.0 Å². The van der Waals surface area contributed by atoms with Crippen molar-refractivity contribution in [2.75, 3.05) is 23.5 Å². The van der Waals surface area contributed by atoms with Crippen LogP contribution >= 0.6 is 11.8 Å². The van der Waals surface area contributed by atoms with Crippen molar-refractivity contribution in [3.63, 3.8) is 0 Å². The number of hydrogen-bond donors (Lipinski definition) is 2. The highest BCUT2D eigenvalue weighted by atomic mass is 32.2. The number of aryl methyl sites for hydroxylation is 3. The fourth-order valence-electron chi connectivity index (χ4n) is 3.59. The number of nitrogens with zero attached hydrogens (tertiary/aromatic N) is 3. The fraction of sp³-hybridized carbons (Fsp3) is 0.222. The lowest BCUT2D eigenvalue weighted by Gasteiger charge is -2.14. The maximum absolute atomic E-state index is 12.7. The number of nitrogens with one attached hydrogen (secondary N) is 2. The molecule has 0 aliphatic heterocycles. The first-order valence-corrected chi connectivity index (χ1v) is 12.3. The van der Waals surface area contributed by atoms with E-state index in [1.165, 1.54) is 17.3 Å². The lowest BCUT2D eigenvalue weighted by atomic mass is 10.1. The highest BCUT2D eigenvalue weighted by Crippen LogP contribution is 2.26. The largest absolute Gasteiger partial charge is 0.497 e. The minimum Gasteiger partial charge on any atom is -0.497 e. The predicted octanol–water partition coefficient (Wildman–Crippen LogP) is 5.54. The summed E-state index contributed by atoms with van der Waals surface area (Å²) in [6.07, 6.45) is 0. The molecule has 0 saturated heterocycles. The Kier molecular flexibility index (Phi) is 7.72. The van der Waals surface area contributed by atoms with Gasteiger partial charge < -0.3 is 15.4 Å². The van der Waals surface area contributed by atoms with Crippen LogP contribution in [0.2, 0.25) is 0 Å². The second-order valence-electron chi connectivity index (χ2n) is 8.31. The van der Waals surface area contributed by atoms with Gasteiger partial charge in [-0.05, 0) is 62.2 Å². The van der Waals surface area contributed by atoms with E-state index in [0.717, 1.165) is 28.3 Å². The third-order valence-corrected chi connectivity index (χ3v) is 6.42. The molecule has 0 bridgehead atoms. The number of aromatic nitrogens is 3. The molecule has 0 unspecified atom stereocenters. The zero-order chi connectivity index (χ0) is 24.8. The second kappa shape index (κ2) is 11.1. The van der Waals surface area contributed by atoms with Crippen molar-refractivity contribution >= 4 is 29.0 Å². The molecule has 0 fully saturated rings. The number of benzene rings is 3. The third kappa shape index (κ3) is 6.22. The molecular weight excluding hydrogens is 458 g/mol. The van der Waals surface area contributed by atoms with E-state index in [-0.39, 0.29) is 11.7 Å². The molecule has 0 aliphatic carbocycles. The molecular formula is C27H29N5O2S. The Morgan fingerprint density at radius 2 is 1.71 bits per heavy atom. The summed E-state index contributed by atoms with van der Waals surface area (Å²) in [6, 6.07) is 21.8. The molecule has 0 spiro atoms. The Morgan fingerprint density at radius 3 is 2.49 bits per heavy atom. The third-order valence-electron chi connectivity index (χ3n) is 5.49. The van der Waals surface area contributed by atoms with E-state index in [4.69, 9.17) is 4.74 Å². The van der Waals surface area contributed by atoms with Crippen molar-refractivity contribution < 1.29 is 9.53 Å². The van der Waals surface area contributed by atoms with Gasteiger partial charge in [0.2, 0.25) is 5.91 Å². The average Bonchev–Trinajstić information content (AvgIpc) is 3.26. The Morgan fingerprint density at radius 1 is 0.943 bits per heavy atom. The van der Waals surface area contributed by atoms with E-state index in [2.05, 4.69) is 71.9 Å². The maximum Gasteiger partial charge on any atom is 0.234 e. The lowest BCUT2D eigenvalue weighted by molar-refractivity contribution is -0.113. The number of amides is 1. The Balaban J connectivity index is 1.54. The summed E-state index contributed by atoms with van der Waals surface area (Å²) in [4.78, 5) is 12.7. The first-order valence-electron chi connectivity index (χ1n) is 11.3. The van der Waals surface area contributed by atoms with Crippen molar-refractivity contribution in [1.82, 2.24) is 14.8 Å². The number of carbonyl (C=O) groups excluding carboxylic acids is 1. The average molecular weight is 488 g/mol. The monoisotopic (exact) mass is 487 g/mol. The van der Waals surface area contributed by atoms with Gasteiger partial charge in [-0.15, -0.1) is 10.2 Å². The molecule has 0 aliphatic rings. The van der Waals surface area contributed by atoms with Gasteiger partial charge in [0.1, 0.15) is 5.75 Å². The van der Waals surface area contributed by atoms with Gasteiger partial charge in [0, 0.05) is 17.4 Å². The summed E-state index contributed by atoms with van der Waals surface area (Å²) < 4.78 is 7.27. The first-order chi connectivity index (χ1) is 16.9. The zero-order valence-corrected chi connectivity index (χ0v) is 21.1. The van der Waals surface area contributed by atoms with Crippen LogP contribution in [0, 0.1) is 20.8 Å².